The Bertz CT molecular complexity index is 896. The molecule has 2 aromatic heterocycles. The standard InChI is InChI=1S/C21H28N6S/c1-16-25-26-19(27(16)4)14-23-20(22-13-17-9-6-5-7-10-17)24-15-21(2,3)18-11-8-12-28-18/h5-12H,13-15H2,1-4H3,(H2,22,23,24). The van der Waals surface area contributed by atoms with Gasteiger partial charge in [0.25, 0.3) is 0 Å². The van der Waals surface area contributed by atoms with E-state index in [9.17, 15) is 0 Å². The van der Waals surface area contributed by atoms with Gasteiger partial charge in [-0.1, -0.05) is 50.2 Å². The Morgan fingerprint density at radius 3 is 2.54 bits per heavy atom. The topological polar surface area (TPSA) is 67.1 Å². The minimum absolute atomic E-state index is 0.0186. The summed E-state index contributed by atoms with van der Waals surface area (Å²) in [5.74, 6) is 2.55. The number of aliphatic imine (C=N–C) groups is 1. The highest BCUT2D eigenvalue weighted by molar-refractivity contribution is 7.10. The summed E-state index contributed by atoms with van der Waals surface area (Å²) in [4.78, 5) is 6.12. The SMILES string of the molecule is Cc1nnc(CNC(=NCc2ccccc2)NCC(C)(C)c2cccs2)n1C. The molecule has 0 bridgehead atoms. The number of hydrogen-bond acceptors (Lipinski definition) is 4. The lowest BCUT2D eigenvalue weighted by Gasteiger charge is -2.25. The first kappa shape index (κ1) is 20.1. The Morgan fingerprint density at radius 1 is 1.11 bits per heavy atom. The summed E-state index contributed by atoms with van der Waals surface area (Å²) in [6.45, 7) is 8.40. The van der Waals surface area contributed by atoms with Crippen LogP contribution in [-0.4, -0.2) is 27.3 Å². The van der Waals surface area contributed by atoms with E-state index in [0.29, 0.717) is 13.1 Å². The third kappa shape index (κ3) is 5.19. The molecule has 0 fully saturated rings. The maximum absolute atomic E-state index is 4.77. The predicted octanol–water partition coefficient (Wildman–Crippen LogP) is 3.40. The molecule has 0 unspecified atom stereocenters. The Kier molecular flexibility index (Phi) is 6.46. The lowest BCUT2D eigenvalue weighted by molar-refractivity contribution is 0.517. The van der Waals surface area contributed by atoms with Crippen LogP contribution in [0.3, 0.4) is 0 Å². The van der Waals surface area contributed by atoms with E-state index >= 15 is 0 Å². The van der Waals surface area contributed by atoms with Crippen LogP contribution in [0.2, 0.25) is 0 Å². The van der Waals surface area contributed by atoms with E-state index in [2.05, 4.69) is 64.3 Å². The molecule has 0 saturated heterocycles. The number of nitrogens with zero attached hydrogens (tertiary/aromatic N) is 4. The molecule has 0 aliphatic carbocycles. The Labute approximate surface area is 170 Å². The largest absolute Gasteiger partial charge is 0.355 e. The second kappa shape index (κ2) is 9.01. The van der Waals surface area contributed by atoms with Gasteiger partial charge in [-0.15, -0.1) is 21.5 Å². The molecule has 0 atom stereocenters. The van der Waals surface area contributed by atoms with Crippen molar-refractivity contribution in [3.63, 3.8) is 0 Å². The van der Waals surface area contributed by atoms with E-state index in [1.54, 1.807) is 11.3 Å². The van der Waals surface area contributed by atoms with E-state index < -0.39 is 0 Å². The van der Waals surface area contributed by atoms with Gasteiger partial charge in [0.15, 0.2) is 11.8 Å². The van der Waals surface area contributed by atoms with Gasteiger partial charge in [0.1, 0.15) is 5.82 Å². The first-order valence-corrected chi connectivity index (χ1v) is 10.3. The van der Waals surface area contributed by atoms with Gasteiger partial charge in [0.2, 0.25) is 0 Å². The van der Waals surface area contributed by atoms with Crippen LogP contribution in [0.1, 0.15) is 35.9 Å². The highest BCUT2D eigenvalue weighted by Crippen LogP contribution is 2.26. The predicted molar refractivity (Wildman–Crippen MR) is 116 cm³/mol. The highest BCUT2D eigenvalue weighted by Gasteiger charge is 2.22. The van der Waals surface area contributed by atoms with Gasteiger partial charge in [0.05, 0.1) is 13.1 Å². The Balaban J connectivity index is 1.69. The number of hydrogen-bond donors (Lipinski definition) is 2. The average Bonchev–Trinajstić information content (AvgIpc) is 3.34. The van der Waals surface area contributed by atoms with Gasteiger partial charge < -0.3 is 15.2 Å². The van der Waals surface area contributed by atoms with E-state index in [-0.39, 0.29) is 5.41 Å². The van der Waals surface area contributed by atoms with Crippen LogP contribution in [0.25, 0.3) is 0 Å². The van der Waals surface area contributed by atoms with Crippen molar-refractivity contribution < 1.29 is 0 Å². The number of thiophene rings is 1. The molecular weight excluding hydrogens is 368 g/mol. The zero-order valence-electron chi connectivity index (χ0n) is 16.9. The van der Waals surface area contributed by atoms with Crippen molar-refractivity contribution in [1.82, 2.24) is 25.4 Å². The fraction of sp³-hybridized carbons (Fsp3) is 0.381. The molecule has 0 spiro atoms. The molecule has 0 radical (unpaired) electrons. The van der Waals surface area contributed by atoms with Gasteiger partial charge in [0, 0.05) is 23.9 Å². The average molecular weight is 397 g/mol. The van der Waals surface area contributed by atoms with E-state index in [1.807, 2.05) is 36.7 Å². The van der Waals surface area contributed by atoms with Gasteiger partial charge in [-0.05, 0) is 23.9 Å². The number of nitrogens with one attached hydrogen (secondary N) is 2. The number of aryl methyl sites for hydroxylation is 1. The zero-order valence-corrected chi connectivity index (χ0v) is 17.8. The van der Waals surface area contributed by atoms with E-state index in [4.69, 9.17) is 4.99 Å². The second-order valence-corrected chi connectivity index (χ2v) is 8.39. The molecular formula is C21H28N6S. The maximum atomic E-state index is 4.77. The Morgan fingerprint density at radius 2 is 1.89 bits per heavy atom. The molecule has 148 valence electrons. The molecule has 3 rings (SSSR count). The van der Waals surface area contributed by atoms with Crippen LogP contribution in [0.5, 0.6) is 0 Å². The third-order valence-corrected chi connectivity index (χ3v) is 5.98. The molecule has 0 aliphatic heterocycles. The van der Waals surface area contributed by atoms with Crippen molar-refractivity contribution >= 4 is 17.3 Å². The van der Waals surface area contributed by atoms with Crippen molar-refractivity contribution in [1.29, 1.82) is 0 Å². The number of benzene rings is 1. The summed E-state index contributed by atoms with van der Waals surface area (Å²) in [6, 6.07) is 14.5. The first-order valence-electron chi connectivity index (χ1n) is 9.41. The molecule has 0 saturated carbocycles. The minimum atomic E-state index is 0.0186. The quantitative estimate of drug-likeness (QED) is 0.474. The van der Waals surface area contributed by atoms with Crippen molar-refractivity contribution in [2.75, 3.05) is 6.54 Å². The summed E-state index contributed by atoms with van der Waals surface area (Å²) in [6.07, 6.45) is 0. The minimum Gasteiger partial charge on any atom is -0.355 e. The lowest BCUT2D eigenvalue weighted by Crippen LogP contribution is -2.43. The normalized spacial score (nSPS) is 12.2. The highest BCUT2D eigenvalue weighted by atomic mass is 32.1. The summed E-state index contributed by atoms with van der Waals surface area (Å²) >= 11 is 1.78. The monoisotopic (exact) mass is 396 g/mol. The van der Waals surface area contributed by atoms with Gasteiger partial charge >= 0.3 is 0 Å². The number of rotatable bonds is 7. The molecule has 3 aromatic rings. The molecule has 2 heterocycles. The number of aromatic nitrogens is 3. The fourth-order valence-corrected chi connectivity index (χ4v) is 3.60. The van der Waals surface area contributed by atoms with Crippen LogP contribution >= 0.6 is 11.3 Å². The smallest absolute Gasteiger partial charge is 0.192 e. The Hall–Kier alpha value is -2.67. The van der Waals surface area contributed by atoms with Gasteiger partial charge in [-0.25, -0.2) is 4.99 Å². The zero-order chi connectivity index (χ0) is 20.0. The molecule has 0 aliphatic rings. The molecule has 0 amide bonds. The van der Waals surface area contributed by atoms with E-state index in [0.717, 1.165) is 24.2 Å². The maximum Gasteiger partial charge on any atom is 0.192 e. The summed E-state index contributed by atoms with van der Waals surface area (Å²) < 4.78 is 1.98. The molecule has 7 heteroatoms. The summed E-state index contributed by atoms with van der Waals surface area (Å²) in [7, 11) is 1.97. The fourth-order valence-electron chi connectivity index (χ4n) is 2.75. The second-order valence-electron chi connectivity index (χ2n) is 7.44. The third-order valence-electron chi connectivity index (χ3n) is 4.75. The lowest BCUT2D eigenvalue weighted by atomic mass is 9.91. The van der Waals surface area contributed by atoms with E-state index in [1.165, 1.54) is 10.4 Å². The first-order chi connectivity index (χ1) is 13.5. The van der Waals surface area contributed by atoms with Crippen molar-refractivity contribution in [2.45, 2.75) is 39.3 Å². The summed E-state index contributed by atoms with van der Waals surface area (Å²) in [5.41, 5.74) is 1.20. The molecule has 2 N–H and O–H groups in total. The summed E-state index contributed by atoms with van der Waals surface area (Å²) in [5, 5.41) is 17.4. The van der Waals surface area contributed by atoms with Gasteiger partial charge in [-0.3, -0.25) is 0 Å². The van der Waals surface area contributed by atoms with Crippen LogP contribution in [0.15, 0.2) is 52.8 Å². The van der Waals surface area contributed by atoms with Crippen LogP contribution in [-0.2, 0) is 25.6 Å². The van der Waals surface area contributed by atoms with Crippen molar-refractivity contribution in [3.8, 4) is 0 Å². The van der Waals surface area contributed by atoms with Gasteiger partial charge in [-0.2, -0.15) is 0 Å². The van der Waals surface area contributed by atoms with Crippen molar-refractivity contribution in [3.05, 3.63) is 69.9 Å². The molecule has 6 nitrogen and oxygen atoms in total. The van der Waals surface area contributed by atoms with Crippen LogP contribution in [0.4, 0.5) is 0 Å². The van der Waals surface area contributed by atoms with Crippen molar-refractivity contribution in [2.24, 2.45) is 12.0 Å². The molecule has 28 heavy (non-hydrogen) atoms. The van der Waals surface area contributed by atoms with Crippen LogP contribution < -0.4 is 10.6 Å². The van der Waals surface area contributed by atoms with Crippen LogP contribution in [0, 0.1) is 6.92 Å². The number of guanidine groups is 1. The molecule has 1 aromatic carbocycles.